The topological polar surface area (TPSA) is 43.1 Å². The number of ketones is 1. The zero-order chi connectivity index (χ0) is 12.7. The van der Waals surface area contributed by atoms with E-state index in [1.807, 2.05) is 0 Å². The van der Waals surface area contributed by atoms with Crippen LogP contribution in [0.1, 0.15) is 43.0 Å². The van der Waals surface area contributed by atoms with Gasteiger partial charge in [0.15, 0.2) is 5.78 Å². The summed E-state index contributed by atoms with van der Waals surface area (Å²) in [5, 5.41) is 0. The molecule has 0 aliphatic heterocycles. The third-order valence-electron chi connectivity index (χ3n) is 2.90. The number of hydrogen-bond acceptors (Lipinski definition) is 2. The Morgan fingerprint density at radius 2 is 2.18 bits per heavy atom. The van der Waals surface area contributed by atoms with Crippen LogP contribution in [0, 0.1) is 11.7 Å². The SMILES string of the molecule is CCCCC(CCN)C(=O)c1cccc(F)c1. The van der Waals surface area contributed by atoms with Gasteiger partial charge < -0.3 is 5.73 Å². The molecule has 0 heterocycles. The lowest BCUT2D eigenvalue weighted by Crippen LogP contribution is -2.19. The predicted octanol–water partition coefficient (Wildman–Crippen LogP) is 3.16. The molecule has 0 amide bonds. The molecule has 0 saturated carbocycles. The summed E-state index contributed by atoms with van der Waals surface area (Å²) in [6.45, 7) is 2.58. The van der Waals surface area contributed by atoms with Crippen molar-refractivity contribution in [3.63, 3.8) is 0 Å². The van der Waals surface area contributed by atoms with Crippen molar-refractivity contribution < 1.29 is 9.18 Å². The van der Waals surface area contributed by atoms with E-state index in [0.717, 1.165) is 19.3 Å². The number of carbonyl (C=O) groups excluding carboxylic acids is 1. The highest BCUT2D eigenvalue weighted by Gasteiger charge is 2.18. The van der Waals surface area contributed by atoms with E-state index in [9.17, 15) is 9.18 Å². The highest BCUT2D eigenvalue weighted by molar-refractivity contribution is 5.97. The summed E-state index contributed by atoms with van der Waals surface area (Å²) in [5.41, 5.74) is 5.98. The number of Topliss-reactive ketones (excluding diaryl/α,β-unsaturated/α-hetero) is 1. The lowest BCUT2D eigenvalue weighted by molar-refractivity contribution is 0.0905. The first-order chi connectivity index (χ1) is 8.19. The van der Waals surface area contributed by atoms with Gasteiger partial charge in [0.05, 0.1) is 0 Å². The van der Waals surface area contributed by atoms with Crippen LogP contribution in [0.3, 0.4) is 0 Å². The first-order valence-corrected chi connectivity index (χ1v) is 6.19. The second-order valence-electron chi connectivity index (χ2n) is 4.29. The molecule has 0 saturated heterocycles. The van der Waals surface area contributed by atoms with Crippen molar-refractivity contribution in [1.29, 1.82) is 0 Å². The van der Waals surface area contributed by atoms with E-state index in [1.54, 1.807) is 12.1 Å². The Bertz CT molecular complexity index is 365. The molecule has 3 heteroatoms. The van der Waals surface area contributed by atoms with Crippen LogP contribution < -0.4 is 5.73 Å². The van der Waals surface area contributed by atoms with Crippen LogP contribution >= 0.6 is 0 Å². The van der Waals surface area contributed by atoms with Gasteiger partial charge in [0.2, 0.25) is 0 Å². The molecule has 1 atom stereocenters. The van der Waals surface area contributed by atoms with E-state index in [-0.39, 0.29) is 17.5 Å². The largest absolute Gasteiger partial charge is 0.330 e. The van der Waals surface area contributed by atoms with Gasteiger partial charge in [0.25, 0.3) is 0 Å². The Kier molecular flexibility index (Phi) is 5.84. The summed E-state index contributed by atoms with van der Waals surface area (Å²) in [5.74, 6) is -0.414. The van der Waals surface area contributed by atoms with Crippen LogP contribution in [0.4, 0.5) is 4.39 Å². The number of carbonyl (C=O) groups is 1. The minimum absolute atomic E-state index is 0.0170. The molecular formula is C14H20FNO. The average molecular weight is 237 g/mol. The molecule has 17 heavy (non-hydrogen) atoms. The molecule has 0 aliphatic rings. The summed E-state index contributed by atoms with van der Waals surface area (Å²) in [7, 11) is 0. The van der Waals surface area contributed by atoms with Crippen molar-refractivity contribution in [2.45, 2.75) is 32.6 Å². The van der Waals surface area contributed by atoms with Crippen LogP contribution in [0.2, 0.25) is 0 Å². The van der Waals surface area contributed by atoms with Crippen molar-refractivity contribution in [2.24, 2.45) is 11.7 Å². The van der Waals surface area contributed by atoms with Crippen molar-refractivity contribution in [1.82, 2.24) is 0 Å². The van der Waals surface area contributed by atoms with Gasteiger partial charge in [-0.15, -0.1) is 0 Å². The van der Waals surface area contributed by atoms with Gasteiger partial charge in [-0.2, -0.15) is 0 Å². The fraction of sp³-hybridized carbons (Fsp3) is 0.500. The molecule has 1 aromatic carbocycles. The number of rotatable bonds is 7. The van der Waals surface area contributed by atoms with Gasteiger partial charge in [0, 0.05) is 11.5 Å². The van der Waals surface area contributed by atoms with Crippen molar-refractivity contribution in [3.8, 4) is 0 Å². The fourth-order valence-corrected chi connectivity index (χ4v) is 1.94. The molecule has 0 fully saturated rings. The number of hydrogen-bond donors (Lipinski definition) is 1. The lowest BCUT2D eigenvalue weighted by Gasteiger charge is -2.14. The van der Waals surface area contributed by atoms with Crippen LogP contribution in [0.5, 0.6) is 0 Å². The second-order valence-corrected chi connectivity index (χ2v) is 4.29. The first-order valence-electron chi connectivity index (χ1n) is 6.19. The summed E-state index contributed by atoms with van der Waals surface area (Å²) in [4.78, 5) is 12.2. The fourth-order valence-electron chi connectivity index (χ4n) is 1.94. The smallest absolute Gasteiger partial charge is 0.166 e. The highest BCUT2D eigenvalue weighted by atomic mass is 19.1. The molecule has 0 aromatic heterocycles. The predicted molar refractivity (Wildman–Crippen MR) is 67.4 cm³/mol. The maximum Gasteiger partial charge on any atom is 0.166 e. The molecule has 0 bridgehead atoms. The Balaban J connectivity index is 2.76. The molecule has 0 aliphatic carbocycles. The average Bonchev–Trinajstić information content (AvgIpc) is 2.33. The molecule has 0 spiro atoms. The van der Waals surface area contributed by atoms with E-state index in [4.69, 9.17) is 5.73 Å². The molecular weight excluding hydrogens is 217 g/mol. The maximum atomic E-state index is 13.1. The normalized spacial score (nSPS) is 12.4. The number of halogens is 1. The Morgan fingerprint density at radius 1 is 1.41 bits per heavy atom. The van der Waals surface area contributed by atoms with Gasteiger partial charge in [0.1, 0.15) is 5.82 Å². The van der Waals surface area contributed by atoms with Gasteiger partial charge >= 0.3 is 0 Å². The van der Waals surface area contributed by atoms with Crippen LogP contribution in [-0.4, -0.2) is 12.3 Å². The van der Waals surface area contributed by atoms with E-state index in [1.165, 1.54) is 12.1 Å². The molecule has 1 unspecified atom stereocenters. The molecule has 1 aromatic rings. The molecule has 0 radical (unpaired) electrons. The zero-order valence-electron chi connectivity index (χ0n) is 10.3. The maximum absolute atomic E-state index is 13.1. The van der Waals surface area contributed by atoms with Gasteiger partial charge in [-0.25, -0.2) is 4.39 Å². The monoisotopic (exact) mass is 237 g/mol. The first kappa shape index (κ1) is 13.8. The molecule has 1 rings (SSSR count). The summed E-state index contributed by atoms with van der Waals surface area (Å²) in [6.07, 6.45) is 3.57. The Morgan fingerprint density at radius 3 is 2.76 bits per heavy atom. The van der Waals surface area contributed by atoms with Crippen molar-refractivity contribution in [2.75, 3.05) is 6.54 Å². The Hall–Kier alpha value is -1.22. The van der Waals surface area contributed by atoms with Gasteiger partial charge in [-0.1, -0.05) is 31.9 Å². The van der Waals surface area contributed by atoms with Crippen LogP contribution in [0.15, 0.2) is 24.3 Å². The van der Waals surface area contributed by atoms with Crippen molar-refractivity contribution in [3.05, 3.63) is 35.6 Å². The van der Waals surface area contributed by atoms with E-state index in [2.05, 4.69) is 6.92 Å². The Labute approximate surface area is 102 Å². The summed E-state index contributed by atoms with van der Waals surface area (Å²) in [6, 6.07) is 5.89. The highest BCUT2D eigenvalue weighted by Crippen LogP contribution is 2.19. The minimum atomic E-state index is -0.363. The standard InChI is InChI=1S/C14H20FNO/c1-2-3-5-11(8-9-16)14(17)12-6-4-7-13(15)10-12/h4,6-7,10-11H,2-3,5,8-9,16H2,1H3. The van der Waals surface area contributed by atoms with E-state index >= 15 is 0 Å². The summed E-state index contributed by atoms with van der Waals surface area (Å²) < 4.78 is 13.1. The number of nitrogens with two attached hydrogens (primary N) is 1. The third-order valence-corrected chi connectivity index (χ3v) is 2.90. The second kappa shape index (κ2) is 7.17. The minimum Gasteiger partial charge on any atom is -0.330 e. The van der Waals surface area contributed by atoms with Crippen LogP contribution in [-0.2, 0) is 0 Å². The van der Waals surface area contributed by atoms with Crippen LogP contribution in [0.25, 0.3) is 0 Å². The molecule has 2 N–H and O–H groups in total. The lowest BCUT2D eigenvalue weighted by atomic mass is 9.90. The zero-order valence-corrected chi connectivity index (χ0v) is 10.3. The molecule has 2 nitrogen and oxygen atoms in total. The van der Waals surface area contributed by atoms with E-state index < -0.39 is 0 Å². The number of unbranched alkanes of at least 4 members (excludes halogenated alkanes) is 1. The third kappa shape index (κ3) is 4.27. The quantitative estimate of drug-likeness (QED) is 0.740. The molecule has 94 valence electrons. The van der Waals surface area contributed by atoms with Crippen molar-refractivity contribution >= 4 is 5.78 Å². The summed E-state index contributed by atoms with van der Waals surface area (Å²) >= 11 is 0. The van der Waals surface area contributed by atoms with Gasteiger partial charge in [-0.05, 0) is 31.5 Å². The van der Waals surface area contributed by atoms with Gasteiger partial charge in [-0.3, -0.25) is 4.79 Å². The number of benzene rings is 1. The van der Waals surface area contributed by atoms with E-state index in [0.29, 0.717) is 18.5 Å².